The van der Waals surface area contributed by atoms with Crippen molar-refractivity contribution in [1.29, 1.82) is 0 Å². The second kappa shape index (κ2) is 3.73. The molecule has 0 aromatic rings. The van der Waals surface area contributed by atoms with Crippen LogP contribution in [0.2, 0.25) is 0 Å². The van der Waals surface area contributed by atoms with Gasteiger partial charge in [-0.1, -0.05) is 0 Å². The molecule has 1 heterocycles. The Balaban J connectivity index is 1.92. The van der Waals surface area contributed by atoms with Crippen LogP contribution in [0.5, 0.6) is 0 Å². The molecule has 0 bridgehead atoms. The summed E-state index contributed by atoms with van der Waals surface area (Å²) in [5.41, 5.74) is 5.00. The molecule has 1 aliphatic carbocycles. The van der Waals surface area contributed by atoms with Gasteiger partial charge in [-0.25, -0.2) is 4.79 Å². The zero-order chi connectivity index (χ0) is 11.1. The number of carboxylic acid groups (broad SMARTS) is 1. The van der Waals surface area contributed by atoms with Crippen molar-refractivity contribution in [1.82, 2.24) is 4.90 Å². The summed E-state index contributed by atoms with van der Waals surface area (Å²) in [6, 6.07) is 0.691. The molecule has 0 aromatic carbocycles. The van der Waals surface area contributed by atoms with E-state index in [0.717, 1.165) is 13.1 Å². The van der Waals surface area contributed by atoms with Crippen molar-refractivity contribution in [2.45, 2.75) is 43.4 Å². The quantitative estimate of drug-likeness (QED) is 0.583. The normalized spacial score (nSPS) is 28.7. The van der Waals surface area contributed by atoms with Gasteiger partial charge in [0.05, 0.1) is 5.54 Å². The van der Waals surface area contributed by atoms with Crippen LogP contribution in [-0.2, 0) is 4.79 Å². The van der Waals surface area contributed by atoms with Gasteiger partial charge in [-0.05, 0) is 25.7 Å². The number of aliphatic hydroxyl groups is 1. The van der Waals surface area contributed by atoms with Gasteiger partial charge in [0.1, 0.15) is 0 Å². The Morgan fingerprint density at radius 1 is 1.40 bits per heavy atom. The van der Waals surface area contributed by atoms with Crippen molar-refractivity contribution >= 4 is 5.97 Å². The average Bonchev–Trinajstić information content (AvgIpc) is 3.01. The second-order valence-electron chi connectivity index (χ2n) is 4.74. The van der Waals surface area contributed by atoms with Crippen molar-refractivity contribution in [2.24, 2.45) is 5.73 Å². The van der Waals surface area contributed by atoms with E-state index in [2.05, 4.69) is 4.90 Å². The Bertz CT molecular complexity index is 257. The minimum absolute atomic E-state index is 0.566. The van der Waals surface area contributed by atoms with Crippen LogP contribution in [-0.4, -0.2) is 51.9 Å². The molecule has 2 fully saturated rings. The third kappa shape index (κ3) is 2.14. The van der Waals surface area contributed by atoms with E-state index in [4.69, 9.17) is 10.8 Å². The number of carboxylic acids is 1. The number of hydrogen-bond acceptors (Lipinski definition) is 4. The molecule has 0 radical (unpaired) electrons. The predicted molar refractivity (Wildman–Crippen MR) is 54.4 cm³/mol. The first-order chi connectivity index (χ1) is 7.03. The first-order valence-electron chi connectivity index (χ1n) is 5.47. The van der Waals surface area contributed by atoms with E-state index >= 15 is 0 Å². The number of carbonyl (C=O) groups is 1. The van der Waals surface area contributed by atoms with Crippen LogP contribution in [0.25, 0.3) is 0 Å². The molecule has 86 valence electrons. The SMILES string of the molecule is NC1(C(O)C(=O)O)CCN(C2CC2)CC1. The summed E-state index contributed by atoms with van der Waals surface area (Å²) in [4.78, 5) is 13.0. The number of piperidine rings is 1. The highest BCUT2D eigenvalue weighted by molar-refractivity contribution is 5.73. The van der Waals surface area contributed by atoms with E-state index in [0.29, 0.717) is 18.9 Å². The van der Waals surface area contributed by atoms with Crippen molar-refractivity contribution in [3.63, 3.8) is 0 Å². The molecule has 4 N–H and O–H groups in total. The highest BCUT2D eigenvalue weighted by Crippen LogP contribution is 2.32. The summed E-state index contributed by atoms with van der Waals surface area (Å²) in [5, 5.41) is 18.3. The van der Waals surface area contributed by atoms with Crippen LogP contribution in [0.4, 0.5) is 0 Å². The zero-order valence-corrected chi connectivity index (χ0v) is 8.72. The summed E-state index contributed by atoms with van der Waals surface area (Å²) in [6.45, 7) is 1.62. The number of aliphatic hydroxyl groups excluding tert-OH is 1. The third-order valence-corrected chi connectivity index (χ3v) is 3.57. The van der Waals surface area contributed by atoms with Gasteiger partial charge in [-0.15, -0.1) is 0 Å². The van der Waals surface area contributed by atoms with E-state index in [9.17, 15) is 9.90 Å². The molecule has 5 nitrogen and oxygen atoms in total. The largest absolute Gasteiger partial charge is 0.479 e. The van der Waals surface area contributed by atoms with E-state index in [1.54, 1.807) is 0 Å². The molecule has 1 atom stereocenters. The fourth-order valence-electron chi connectivity index (χ4n) is 2.26. The standard InChI is InChI=1S/C10H18N2O3/c11-10(8(13)9(14)15)3-5-12(6-4-10)7-1-2-7/h7-8,13H,1-6,11H2,(H,14,15). The molecule has 2 rings (SSSR count). The van der Waals surface area contributed by atoms with Crippen LogP contribution in [0.3, 0.4) is 0 Å². The molecule has 1 aliphatic heterocycles. The molecular weight excluding hydrogens is 196 g/mol. The second-order valence-corrected chi connectivity index (χ2v) is 4.74. The Kier molecular flexibility index (Phi) is 2.70. The summed E-state index contributed by atoms with van der Waals surface area (Å²) < 4.78 is 0. The highest BCUT2D eigenvalue weighted by Gasteiger charge is 2.43. The van der Waals surface area contributed by atoms with Gasteiger partial charge in [0, 0.05) is 19.1 Å². The summed E-state index contributed by atoms with van der Waals surface area (Å²) >= 11 is 0. The molecular formula is C10H18N2O3. The number of nitrogens with zero attached hydrogens (tertiary/aromatic N) is 1. The highest BCUT2D eigenvalue weighted by atomic mass is 16.4. The minimum Gasteiger partial charge on any atom is -0.479 e. The van der Waals surface area contributed by atoms with Crippen LogP contribution < -0.4 is 5.73 Å². The zero-order valence-electron chi connectivity index (χ0n) is 8.72. The van der Waals surface area contributed by atoms with Gasteiger partial charge in [-0.3, -0.25) is 0 Å². The van der Waals surface area contributed by atoms with Crippen molar-refractivity contribution in [2.75, 3.05) is 13.1 Å². The number of likely N-dealkylation sites (tertiary alicyclic amines) is 1. The summed E-state index contributed by atoms with van der Waals surface area (Å²) in [5.74, 6) is -1.21. The first kappa shape index (κ1) is 10.9. The van der Waals surface area contributed by atoms with Gasteiger partial charge >= 0.3 is 5.97 Å². The number of hydrogen-bond donors (Lipinski definition) is 3. The number of aliphatic carboxylic acids is 1. The third-order valence-electron chi connectivity index (χ3n) is 3.57. The van der Waals surface area contributed by atoms with Gasteiger partial charge in [0.2, 0.25) is 0 Å². The van der Waals surface area contributed by atoms with Crippen LogP contribution in [0.1, 0.15) is 25.7 Å². The minimum atomic E-state index is -1.43. The topological polar surface area (TPSA) is 86.8 Å². The van der Waals surface area contributed by atoms with Gasteiger partial charge in [0.25, 0.3) is 0 Å². The van der Waals surface area contributed by atoms with E-state index in [1.165, 1.54) is 12.8 Å². The summed E-state index contributed by atoms with van der Waals surface area (Å²) in [7, 11) is 0. The van der Waals surface area contributed by atoms with Crippen molar-refractivity contribution < 1.29 is 15.0 Å². The van der Waals surface area contributed by atoms with Gasteiger partial charge in [0.15, 0.2) is 6.10 Å². The molecule has 1 saturated heterocycles. The molecule has 15 heavy (non-hydrogen) atoms. The Morgan fingerprint density at radius 3 is 2.33 bits per heavy atom. The van der Waals surface area contributed by atoms with Crippen molar-refractivity contribution in [3.8, 4) is 0 Å². The van der Waals surface area contributed by atoms with Crippen LogP contribution >= 0.6 is 0 Å². The Hall–Kier alpha value is -0.650. The predicted octanol–water partition coefficient (Wildman–Crippen LogP) is -0.612. The van der Waals surface area contributed by atoms with Crippen LogP contribution in [0, 0.1) is 0 Å². The van der Waals surface area contributed by atoms with Gasteiger partial charge in [-0.2, -0.15) is 0 Å². The number of nitrogens with two attached hydrogens (primary N) is 1. The first-order valence-corrected chi connectivity index (χ1v) is 5.47. The lowest BCUT2D eigenvalue weighted by atomic mass is 9.83. The maximum Gasteiger partial charge on any atom is 0.334 e. The van der Waals surface area contributed by atoms with E-state index in [1.807, 2.05) is 0 Å². The number of rotatable bonds is 3. The average molecular weight is 214 g/mol. The lowest BCUT2D eigenvalue weighted by Crippen LogP contribution is -2.60. The fourth-order valence-corrected chi connectivity index (χ4v) is 2.26. The maximum absolute atomic E-state index is 10.7. The molecule has 2 aliphatic rings. The molecule has 0 aromatic heterocycles. The molecule has 0 amide bonds. The summed E-state index contributed by atoms with van der Waals surface area (Å²) in [6.07, 6.45) is 2.20. The Morgan fingerprint density at radius 2 is 1.93 bits per heavy atom. The molecule has 1 saturated carbocycles. The van der Waals surface area contributed by atoms with Crippen molar-refractivity contribution in [3.05, 3.63) is 0 Å². The molecule has 5 heteroatoms. The fraction of sp³-hybridized carbons (Fsp3) is 0.900. The monoisotopic (exact) mass is 214 g/mol. The van der Waals surface area contributed by atoms with E-state index in [-0.39, 0.29) is 0 Å². The Labute approximate surface area is 88.9 Å². The molecule has 1 unspecified atom stereocenters. The molecule has 0 spiro atoms. The maximum atomic E-state index is 10.7. The lowest BCUT2D eigenvalue weighted by Gasteiger charge is -2.40. The van der Waals surface area contributed by atoms with Crippen LogP contribution in [0.15, 0.2) is 0 Å². The van der Waals surface area contributed by atoms with E-state index < -0.39 is 17.6 Å². The van der Waals surface area contributed by atoms with Gasteiger partial charge < -0.3 is 20.8 Å². The lowest BCUT2D eigenvalue weighted by molar-refractivity contribution is -0.151. The smallest absolute Gasteiger partial charge is 0.334 e.